The van der Waals surface area contributed by atoms with Crippen LogP contribution in [0, 0.1) is 16.0 Å². The fourth-order valence-corrected chi connectivity index (χ4v) is 3.25. The van der Waals surface area contributed by atoms with Gasteiger partial charge in [-0.25, -0.2) is 5.43 Å². The van der Waals surface area contributed by atoms with Gasteiger partial charge in [-0.3, -0.25) is 14.9 Å². The summed E-state index contributed by atoms with van der Waals surface area (Å²) in [6.45, 7) is 6.54. The quantitative estimate of drug-likeness (QED) is 0.436. The second-order valence-corrected chi connectivity index (χ2v) is 8.25. The molecule has 1 N–H and O–H groups in total. The molecule has 0 aromatic heterocycles. The fraction of sp³-hybridized carbons (Fsp3) is 0.304. The minimum absolute atomic E-state index is 0.0273. The summed E-state index contributed by atoms with van der Waals surface area (Å²) in [5.41, 5.74) is 5.63. The number of allylic oxidation sites excluding steroid dienone is 1. The van der Waals surface area contributed by atoms with Crippen LogP contribution in [0.1, 0.15) is 49.8 Å². The summed E-state index contributed by atoms with van der Waals surface area (Å²) in [6.07, 6.45) is 5.40. The number of hydrogen-bond donors (Lipinski definition) is 1. The molecule has 2 unspecified atom stereocenters. The third kappa shape index (κ3) is 5.16. The van der Waals surface area contributed by atoms with Crippen LogP contribution in [-0.4, -0.2) is 17.0 Å². The summed E-state index contributed by atoms with van der Waals surface area (Å²) in [5, 5.41) is 14.9. The van der Waals surface area contributed by atoms with Crippen molar-refractivity contribution in [3.63, 3.8) is 0 Å². The van der Waals surface area contributed by atoms with E-state index in [1.54, 1.807) is 30.4 Å². The molecule has 150 valence electrons. The minimum Gasteiger partial charge on any atom is -0.273 e. The molecule has 1 aliphatic carbocycles. The number of para-hydroxylation sites is 1. The van der Waals surface area contributed by atoms with E-state index in [0.29, 0.717) is 5.56 Å². The third-order valence-electron chi connectivity index (χ3n) is 5.08. The molecular weight excluding hydrogens is 366 g/mol. The second kappa shape index (κ2) is 8.39. The lowest BCUT2D eigenvalue weighted by Crippen LogP contribution is -2.19. The zero-order chi connectivity index (χ0) is 21.0. The van der Waals surface area contributed by atoms with Crippen molar-refractivity contribution in [3.05, 3.63) is 81.4 Å². The van der Waals surface area contributed by atoms with Gasteiger partial charge in [0.1, 0.15) is 0 Å². The van der Waals surface area contributed by atoms with Gasteiger partial charge in [0, 0.05) is 18.2 Å². The van der Waals surface area contributed by atoms with E-state index >= 15 is 0 Å². The van der Waals surface area contributed by atoms with E-state index < -0.39 is 4.92 Å². The van der Waals surface area contributed by atoms with E-state index in [1.165, 1.54) is 23.4 Å². The molecule has 1 aliphatic rings. The Labute approximate surface area is 170 Å². The van der Waals surface area contributed by atoms with E-state index in [2.05, 4.69) is 55.6 Å². The Hall–Kier alpha value is -3.28. The molecule has 1 amide bonds. The van der Waals surface area contributed by atoms with Crippen LogP contribution < -0.4 is 5.43 Å². The summed E-state index contributed by atoms with van der Waals surface area (Å²) < 4.78 is 0. The lowest BCUT2D eigenvalue weighted by Gasteiger charge is -2.19. The molecule has 0 radical (unpaired) electrons. The van der Waals surface area contributed by atoms with E-state index in [0.717, 1.165) is 6.42 Å². The average molecular weight is 391 g/mol. The minimum atomic E-state index is -0.431. The zero-order valence-electron chi connectivity index (χ0n) is 16.8. The topological polar surface area (TPSA) is 84.6 Å². The molecule has 2 aromatic carbocycles. The smallest absolute Gasteiger partial charge is 0.273 e. The first-order valence-electron chi connectivity index (χ1n) is 9.61. The number of nitrogens with one attached hydrogen (secondary N) is 1. The predicted molar refractivity (Wildman–Crippen MR) is 115 cm³/mol. The van der Waals surface area contributed by atoms with E-state index in [1.807, 2.05) is 0 Å². The maximum atomic E-state index is 12.3. The Morgan fingerprint density at radius 1 is 1.17 bits per heavy atom. The molecule has 1 fully saturated rings. The van der Waals surface area contributed by atoms with Crippen LogP contribution in [0.2, 0.25) is 0 Å². The molecular formula is C23H25N3O3. The summed E-state index contributed by atoms with van der Waals surface area (Å²) in [4.78, 5) is 22.8. The molecule has 29 heavy (non-hydrogen) atoms. The normalized spacial score (nSPS) is 18.9. The number of nitrogens with zero attached hydrogens (tertiary/aromatic N) is 2. The highest BCUT2D eigenvalue weighted by atomic mass is 16.6. The number of hydrogen-bond acceptors (Lipinski definition) is 4. The highest BCUT2D eigenvalue weighted by Crippen LogP contribution is 2.47. The molecule has 0 spiro atoms. The Balaban J connectivity index is 1.51. The largest absolute Gasteiger partial charge is 0.276 e. The second-order valence-electron chi connectivity index (χ2n) is 8.25. The SMILES string of the molecule is CC(C)(C)c1ccc(C2CC2C(=O)N/N=C/C=C/c2ccccc2[N+](=O)[O-])cc1. The Bertz CT molecular complexity index is 956. The molecule has 2 atom stereocenters. The number of rotatable bonds is 6. The van der Waals surface area contributed by atoms with Crippen LogP contribution in [-0.2, 0) is 10.2 Å². The van der Waals surface area contributed by atoms with Crippen molar-refractivity contribution in [2.75, 3.05) is 0 Å². The number of amides is 1. The third-order valence-corrected chi connectivity index (χ3v) is 5.08. The molecule has 2 aromatic rings. The lowest BCUT2D eigenvalue weighted by molar-refractivity contribution is -0.385. The number of hydrazone groups is 1. The van der Waals surface area contributed by atoms with Gasteiger partial charge in [0.15, 0.2) is 0 Å². The highest BCUT2D eigenvalue weighted by Gasteiger charge is 2.43. The van der Waals surface area contributed by atoms with Gasteiger partial charge in [0.25, 0.3) is 5.69 Å². The molecule has 0 bridgehead atoms. The van der Waals surface area contributed by atoms with Crippen LogP contribution in [0.4, 0.5) is 5.69 Å². The molecule has 3 rings (SSSR count). The van der Waals surface area contributed by atoms with Crippen LogP contribution in [0.3, 0.4) is 0 Å². The van der Waals surface area contributed by atoms with Gasteiger partial charge in [0.2, 0.25) is 5.91 Å². The van der Waals surface area contributed by atoms with Crippen molar-refractivity contribution >= 4 is 23.9 Å². The van der Waals surface area contributed by atoms with Crippen molar-refractivity contribution < 1.29 is 9.72 Å². The first-order chi connectivity index (χ1) is 13.8. The van der Waals surface area contributed by atoms with Crippen molar-refractivity contribution in [2.45, 2.75) is 38.5 Å². The maximum absolute atomic E-state index is 12.3. The number of carbonyl (C=O) groups excluding carboxylic acids is 1. The van der Waals surface area contributed by atoms with Crippen LogP contribution in [0.15, 0.2) is 59.7 Å². The molecule has 0 aliphatic heterocycles. The Morgan fingerprint density at radius 2 is 1.86 bits per heavy atom. The van der Waals surface area contributed by atoms with Crippen molar-refractivity contribution in [1.82, 2.24) is 5.43 Å². The fourth-order valence-electron chi connectivity index (χ4n) is 3.25. The van der Waals surface area contributed by atoms with Gasteiger partial charge in [-0.2, -0.15) is 5.10 Å². The molecule has 0 saturated heterocycles. The summed E-state index contributed by atoms with van der Waals surface area (Å²) in [7, 11) is 0. The first kappa shape index (κ1) is 20.5. The van der Waals surface area contributed by atoms with Gasteiger partial charge in [0.05, 0.1) is 10.5 Å². The Kier molecular flexibility index (Phi) is 5.92. The number of benzene rings is 2. The van der Waals surface area contributed by atoms with Gasteiger partial charge >= 0.3 is 0 Å². The predicted octanol–water partition coefficient (Wildman–Crippen LogP) is 4.81. The number of nitro benzene ring substituents is 1. The van der Waals surface area contributed by atoms with E-state index in [4.69, 9.17) is 0 Å². The Morgan fingerprint density at radius 3 is 2.52 bits per heavy atom. The maximum Gasteiger partial charge on any atom is 0.276 e. The standard InChI is InChI=1S/C23H25N3O3/c1-23(2,3)18-12-10-16(11-13-18)19-15-20(19)22(27)25-24-14-6-8-17-7-4-5-9-21(17)26(28)29/h4-14,19-20H,15H2,1-3H3,(H,25,27)/b8-6+,24-14+. The molecule has 1 saturated carbocycles. The lowest BCUT2D eigenvalue weighted by atomic mass is 9.86. The van der Waals surface area contributed by atoms with Crippen molar-refractivity contribution in [1.29, 1.82) is 0 Å². The monoisotopic (exact) mass is 391 g/mol. The highest BCUT2D eigenvalue weighted by molar-refractivity contribution is 5.85. The summed E-state index contributed by atoms with van der Waals surface area (Å²) in [5.74, 6) is 0.0683. The van der Waals surface area contributed by atoms with Crippen LogP contribution >= 0.6 is 0 Å². The van der Waals surface area contributed by atoms with Crippen LogP contribution in [0.25, 0.3) is 6.08 Å². The molecule has 6 nitrogen and oxygen atoms in total. The van der Waals surface area contributed by atoms with E-state index in [9.17, 15) is 14.9 Å². The van der Waals surface area contributed by atoms with Crippen LogP contribution in [0.5, 0.6) is 0 Å². The van der Waals surface area contributed by atoms with Gasteiger partial charge in [-0.15, -0.1) is 0 Å². The summed E-state index contributed by atoms with van der Waals surface area (Å²) >= 11 is 0. The van der Waals surface area contributed by atoms with Gasteiger partial charge < -0.3 is 0 Å². The summed E-state index contributed by atoms with van der Waals surface area (Å²) in [6, 6.07) is 14.9. The number of carbonyl (C=O) groups is 1. The van der Waals surface area contributed by atoms with Crippen molar-refractivity contribution in [2.24, 2.45) is 11.0 Å². The van der Waals surface area contributed by atoms with Gasteiger partial charge in [-0.05, 0) is 47.1 Å². The van der Waals surface area contributed by atoms with E-state index in [-0.39, 0.29) is 28.8 Å². The first-order valence-corrected chi connectivity index (χ1v) is 9.61. The number of nitro groups is 1. The molecule has 0 heterocycles. The molecule has 6 heteroatoms. The van der Waals surface area contributed by atoms with Gasteiger partial charge in [-0.1, -0.05) is 57.2 Å². The average Bonchev–Trinajstić information content (AvgIpc) is 3.48. The zero-order valence-corrected chi connectivity index (χ0v) is 16.8. The van der Waals surface area contributed by atoms with Crippen molar-refractivity contribution in [3.8, 4) is 0 Å².